The summed E-state index contributed by atoms with van der Waals surface area (Å²) < 4.78 is 0. The fourth-order valence-corrected chi connectivity index (χ4v) is 2.25. The standard InChI is InChI=1S/C15H20N4/c1-3-9-19(4-2)14-10-12(15(16)17)11-7-5-6-8-13(11)18-14/h5-8,10H,3-4,9H2,1-2H3,(H3,16,17). The molecule has 0 saturated carbocycles. The van der Waals surface area contributed by atoms with Crippen LogP contribution in [-0.2, 0) is 0 Å². The number of nitrogen functional groups attached to an aromatic ring is 1. The average Bonchev–Trinajstić information content (AvgIpc) is 2.43. The summed E-state index contributed by atoms with van der Waals surface area (Å²) in [4.78, 5) is 6.89. The third kappa shape index (κ3) is 2.67. The molecule has 0 spiro atoms. The molecule has 2 rings (SSSR count). The average molecular weight is 256 g/mol. The van der Waals surface area contributed by atoms with Gasteiger partial charge in [-0.05, 0) is 25.5 Å². The highest BCUT2D eigenvalue weighted by Gasteiger charge is 2.11. The smallest absolute Gasteiger partial charge is 0.129 e. The Balaban J connectivity index is 2.60. The molecular formula is C15H20N4. The van der Waals surface area contributed by atoms with Gasteiger partial charge in [0.1, 0.15) is 11.7 Å². The molecular weight excluding hydrogens is 236 g/mol. The zero-order chi connectivity index (χ0) is 13.8. The first-order valence-electron chi connectivity index (χ1n) is 6.66. The quantitative estimate of drug-likeness (QED) is 0.638. The largest absolute Gasteiger partial charge is 0.384 e. The molecule has 0 radical (unpaired) electrons. The van der Waals surface area contributed by atoms with Crippen molar-refractivity contribution < 1.29 is 0 Å². The van der Waals surface area contributed by atoms with E-state index in [4.69, 9.17) is 11.1 Å². The topological polar surface area (TPSA) is 66.0 Å². The van der Waals surface area contributed by atoms with Crippen molar-refractivity contribution >= 4 is 22.6 Å². The molecule has 0 aliphatic carbocycles. The van der Waals surface area contributed by atoms with Gasteiger partial charge in [-0.15, -0.1) is 0 Å². The van der Waals surface area contributed by atoms with Crippen molar-refractivity contribution in [2.24, 2.45) is 5.73 Å². The van der Waals surface area contributed by atoms with Crippen molar-refractivity contribution in [2.75, 3.05) is 18.0 Å². The predicted octanol–water partition coefficient (Wildman–Crippen LogP) is 2.76. The lowest BCUT2D eigenvalue weighted by Gasteiger charge is -2.22. The van der Waals surface area contributed by atoms with Crippen LogP contribution in [0.4, 0.5) is 5.82 Å². The second-order valence-electron chi connectivity index (χ2n) is 4.54. The summed E-state index contributed by atoms with van der Waals surface area (Å²) in [7, 11) is 0. The van der Waals surface area contributed by atoms with Gasteiger partial charge in [0.05, 0.1) is 5.52 Å². The van der Waals surface area contributed by atoms with Gasteiger partial charge in [-0.25, -0.2) is 4.98 Å². The SMILES string of the molecule is CCCN(CC)c1cc(C(=N)N)c2ccccc2n1. The zero-order valence-corrected chi connectivity index (χ0v) is 11.5. The fraction of sp³-hybridized carbons (Fsp3) is 0.333. The number of nitrogens with one attached hydrogen (secondary N) is 1. The third-order valence-electron chi connectivity index (χ3n) is 3.19. The van der Waals surface area contributed by atoms with Crippen LogP contribution in [0.1, 0.15) is 25.8 Å². The highest BCUT2D eigenvalue weighted by Crippen LogP contribution is 2.22. The highest BCUT2D eigenvalue weighted by molar-refractivity contribution is 6.07. The van der Waals surface area contributed by atoms with Crippen LogP contribution in [0, 0.1) is 5.41 Å². The molecule has 0 fully saturated rings. The minimum Gasteiger partial charge on any atom is -0.384 e. The third-order valence-corrected chi connectivity index (χ3v) is 3.19. The number of anilines is 1. The molecule has 0 amide bonds. The Hall–Kier alpha value is -2.10. The van der Waals surface area contributed by atoms with E-state index in [2.05, 4.69) is 23.7 Å². The van der Waals surface area contributed by atoms with Crippen LogP contribution < -0.4 is 10.6 Å². The van der Waals surface area contributed by atoms with Crippen molar-refractivity contribution in [2.45, 2.75) is 20.3 Å². The molecule has 0 saturated heterocycles. The molecule has 0 aliphatic heterocycles. The van der Waals surface area contributed by atoms with Gasteiger partial charge in [0.25, 0.3) is 0 Å². The second-order valence-corrected chi connectivity index (χ2v) is 4.54. The van der Waals surface area contributed by atoms with Crippen LogP contribution in [0.2, 0.25) is 0 Å². The number of nitrogens with two attached hydrogens (primary N) is 1. The number of hydrogen-bond acceptors (Lipinski definition) is 3. The fourth-order valence-electron chi connectivity index (χ4n) is 2.25. The van der Waals surface area contributed by atoms with E-state index in [9.17, 15) is 0 Å². The van der Waals surface area contributed by atoms with E-state index in [1.54, 1.807) is 0 Å². The number of para-hydroxylation sites is 1. The van der Waals surface area contributed by atoms with Gasteiger partial charge in [0, 0.05) is 24.0 Å². The molecule has 0 bridgehead atoms. The molecule has 4 heteroatoms. The van der Waals surface area contributed by atoms with E-state index in [0.29, 0.717) is 0 Å². The van der Waals surface area contributed by atoms with Crippen LogP contribution in [0.25, 0.3) is 10.9 Å². The van der Waals surface area contributed by atoms with Crippen molar-refractivity contribution in [1.29, 1.82) is 5.41 Å². The van der Waals surface area contributed by atoms with E-state index in [0.717, 1.165) is 41.8 Å². The lowest BCUT2D eigenvalue weighted by molar-refractivity contribution is 0.781. The Bertz CT molecular complexity index is 592. The normalized spacial score (nSPS) is 10.6. The minimum absolute atomic E-state index is 0.0902. The maximum Gasteiger partial charge on any atom is 0.129 e. The van der Waals surface area contributed by atoms with Crippen LogP contribution in [0.15, 0.2) is 30.3 Å². The Morgan fingerprint density at radius 2 is 2.05 bits per heavy atom. The molecule has 0 atom stereocenters. The molecule has 1 aromatic heterocycles. The van der Waals surface area contributed by atoms with Gasteiger partial charge in [0.15, 0.2) is 0 Å². The molecule has 19 heavy (non-hydrogen) atoms. The first-order chi connectivity index (χ1) is 9.17. The molecule has 1 heterocycles. The van der Waals surface area contributed by atoms with E-state index in [1.165, 1.54) is 0 Å². The number of rotatable bonds is 5. The van der Waals surface area contributed by atoms with E-state index in [-0.39, 0.29) is 5.84 Å². The summed E-state index contributed by atoms with van der Waals surface area (Å²) in [6, 6.07) is 9.74. The van der Waals surface area contributed by atoms with Crippen LogP contribution in [-0.4, -0.2) is 23.9 Å². The number of fused-ring (bicyclic) bond motifs is 1. The van der Waals surface area contributed by atoms with Crippen molar-refractivity contribution in [3.8, 4) is 0 Å². The summed E-state index contributed by atoms with van der Waals surface area (Å²) in [5.74, 6) is 0.987. The maximum atomic E-state index is 7.75. The molecule has 1 aromatic carbocycles. The van der Waals surface area contributed by atoms with Crippen molar-refractivity contribution in [3.63, 3.8) is 0 Å². The molecule has 2 aromatic rings. The minimum atomic E-state index is 0.0902. The first-order valence-corrected chi connectivity index (χ1v) is 6.66. The van der Waals surface area contributed by atoms with Crippen molar-refractivity contribution in [1.82, 2.24) is 4.98 Å². The summed E-state index contributed by atoms with van der Waals surface area (Å²) in [6.07, 6.45) is 1.07. The number of amidine groups is 1. The second kappa shape index (κ2) is 5.69. The highest BCUT2D eigenvalue weighted by atomic mass is 15.2. The van der Waals surface area contributed by atoms with E-state index < -0.39 is 0 Å². The summed E-state index contributed by atoms with van der Waals surface area (Å²) in [5.41, 5.74) is 7.35. The van der Waals surface area contributed by atoms with Gasteiger partial charge in [-0.2, -0.15) is 0 Å². The number of nitrogens with zero attached hydrogens (tertiary/aromatic N) is 2. The summed E-state index contributed by atoms with van der Waals surface area (Å²) in [5, 5.41) is 8.68. The molecule has 100 valence electrons. The Labute approximate surface area is 113 Å². The van der Waals surface area contributed by atoms with Gasteiger partial charge in [-0.1, -0.05) is 25.1 Å². The summed E-state index contributed by atoms with van der Waals surface area (Å²) >= 11 is 0. The predicted molar refractivity (Wildman–Crippen MR) is 80.9 cm³/mol. The van der Waals surface area contributed by atoms with Crippen LogP contribution in [0.5, 0.6) is 0 Å². The monoisotopic (exact) mass is 256 g/mol. The Morgan fingerprint density at radius 3 is 2.68 bits per heavy atom. The molecule has 0 aliphatic rings. The zero-order valence-electron chi connectivity index (χ0n) is 11.5. The lowest BCUT2D eigenvalue weighted by atomic mass is 10.1. The van der Waals surface area contributed by atoms with E-state index >= 15 is 0 Å². The Kier molecular flexibility index (Phi) is 4.00. The molecule has 3 N–H and O–H groups in total. The summed E-state index contributed by atoms with van der Waals surface area (Å²) in [6.45, 7) is 6.12. The van der Waals surface area contributed by atoms with Gasteiger partial charge >= 0.3 is 0 Å². The first kappa shape index (κ1) is 13.3. The number of hydrogen-bond donors (Lipinski definition) is 2. The molecule has 4 nitrogen and oxygen atoms in total. The van der Waals surface area contributed by atoms with Crippen LogP contribution in [0.3, 0.4) is 0 Å². The maximum absolute atomic E-state index is 7.75. The number of pyridine rings is 1. The number of aromatic nitrogens is 1. The lowest BCUT2D eigenvalue weighted by Crippen LogP contribution is -2.25. The number of benzene rings is 1. The van der Waals surface area contributed by atoms with Crippen molar-refractivity contribution in [3.05, 3.63) is 35.9 Å². The van der Waals surface area contributed by atoms with Gasteiger partial charge in [0.2, 0.25) is 0 Å². The van der Waals surface area contributed by atoms with E-state index in [1.807, 2.05) is 30.3 Å². The van der Waals surface area contributed by atoms with Crippen LogP contribution >= 0.6 is 0 Å². The molecule has 0 unspecified atom stereocenters. The van der Waals surface area contributed by atoms with Gasteiger partial charge < -0.3 is 10.6 Å². The Morgan fingerprint density at radius 1 is 1.32 bits per heavy atom. The van der Waals surface area contributed by atoms with Gasteiger partial charge in [-0.3, -0.25) is 5.41 Å².